The number of aromatic nitrogens is 2. The van der Waals surface area contributed by atoms with Crippen molar-refractivity contribution in [3.63, 3.8) is 0 Å². The van der Waals surface area contributed by atoms with Crippen LogP contribution in [0, 0.1) is 0 Å². The fourth-order valence-corrected chi connectivity index (χ4v) is 14.5. The van der Waals surface area contributed by atoms with E-state index in [9.17, 15) is 0 Å². The Hall–Kier alpha value is -7.17. The molecule has 0 saturated carbocycles. The summed E-state index contributed by atoms with van der Waals surface area (Å²) in [6.07, 6.45) is 7.86. The number of allylic oxidation sites excluding steroid dienone is 4. The van der Waals surface area contributed by atoms with Gasteiger partial charge in [-0.3, -0.25) is 0 Å². The smallest absolute Gasteiger partial charge is 0.167 e. The molecule has 0 bridgehead atoms. The summed E-state index contributed by atoms with van der Waals surface area (Å²) in [5.41, 5.74) is 10.1. The lowest BCUT2D eigenvalue weighted by Crippen LogP contribution is -2.32. The van der Waals surface area contributed by atoms with Gasteiger partial charge in [0.15, 0.2) is 13.0 Å². The second-order valence-electron chi connectivity index (χ2n) is 16.6. The molecule has 2 aromatic heterocycles. The maximum absolute atomic E-state index is 15.6. The van der Waals surface area contributed by atoms with E-state index < -0.39 is 12.6 Å². The molecule has 3 heterocycles. The molecule has 3 aliphatic rings. The van der Waals surface area contributed by atoms with Gasteiger partial charge in [0.05, 0.1) is 21.3 Å². The molecule has 0 radical (unpaired) electrons. The van der Waals surface area contributed by atoms with E-state index >= 15 is 4.57 Å². The van der Waals surface area contributed by atoms with Crippen molar-refractivity contribution >= 4 is 60.2 Å². The van der Waals surface area contributed by atoms with Gasteiger partial charge in [0.25, 0.3) is 0 Å². The van der Waals surface area contributed by atoms with Crippen molar-refractivity contribution in [2.75, 3.05) is 0 Å². The molecule has 8 aromatic carbocycles. The summed E-state index contributed by atoms with van der Waals surface area (Å²) < 4.78 is 24.5. The molecule has 298 valence electrons. The highest BCUT2D eigenvalue weighted by molar-refractivity contribution is 7.82. The second kappa shape index (κ2) is 13.9. The second-order valence-corrected chi connectivity index (χ2v) is 20.5. The summed E-state index contributed by atoms with van der Waals surface area (Å²) in [4.78, 5) is 10.9. The van der Waals surface area contributed by atoms with Crippen LogP contribution in [0.5, 0.6) is 11.5 Å². The van der Waals surface area contributed by atoms with Gasteiger partial charge in [-0.15, -0.1) is 11.3 Å². The third kappa shape index (κ3) is 5.31. The van der Waals surface area contributed by atoms with Crippen LogP contribution in [-0.4, -0.2) is 9.97 Å². The number of rotatable bonds is 5. The Balaban J connectivity index is 1.07. The monoisotopic (exact) mass is 844 g/mol. The third-order valence-corrected chi connectivity index (χ3v) is 17.7. The zero-order valence-electron chi connectivity index (χ0n) is 34.0. The molecule has 0 amide bonds. The number of para-hydroxylation sites is 2. The topological polar surface area (TPSA) is 52.1 Å². The molecule has 6 heteroatoms. The summed E-state index contributed by atoms with van der Waals surface area (Å²) >= 11 is 1.73. The molecule has 0 N–H and O–H groups in total. The third-order valence-electron chi connectivity index (χ3n) is 13.3. The number of nitrogens with zero attached hydrogens (tertiary/aromatic N) is 2. The van der Waals surface area contributed by atoms with E-state index in [4.69, 9.17) is 14.7 Å². The number of ether oxygens (including phenoxy) is 1. The Morgan fingerprint density at radius 3 is 2.06 bits per heavy atom. The van der Waals surface area contributed by atoms with Gasteiger partial charge in [0.1, 0.15) is 11.5 Å². The molecule has 63 heavy (non-hydrogen) atoms. The Labute approximate surface area is 368 Å². The van der Waals surface area contributed by atoms with Gasteiger partial charge < -0.3 is 9.30 Å². The maximum Gasteiger partial charge on any atom is 0.167 e. The summed E-state index contributed by atoms with van der Waals surface area (Å²) in [5, 5.41) is 6.09. The first-order chi connectivity index (χ1) is 31.1. The fraction of sp³-hybridized carbons (Fsp3) is 0.0526. The van der Waals surface area contributed by atoms with Gasteiger partial charge >= 0.3 is 0 Å². The summed E-state index contributed by atoms with van der Waals surface area (Å²) in [6, 6.07) is 64.0. The van der Waals surface area contributed by atoms with Crippen molar-refractivity contribution in [1.82, 2.24) is 9.97 Å². The maximum atomic E-state index is 15.6. The molecular weight excluding hydrogens is 808 g/mol. The molecule has 1 aliphatic heterocycles. The summed E-state index contributed by atoms with van der Waals surface area (Å²) in [7, 11) is -3.17. The van der Waals surface area contributed by atoms with Crippen LogP contribution >= 0.6 is 18.5 Å². The highest BCUT2D eigenvalue weighted by Crippen LogP contribution is 2.63. The van der Waals surface area contributed by atoms with Crippen LogP contribution in [0.25, 0.3) is 64.8 Å². The Morgan fingerprint density at radius 1 is 0.571 bits per heavy atom. The van der Waals surface area contributed by atoms with Crippen molar-refractivity contribution in [2.45, 2.75) is 18.3 Å². The molecule has 0 saturated heterocycles. The summed E-state index contributed by atoms with van der Waals surface area (Å²) in [5.74, 6) is 2.32. The number of thiophene rings is 1. The largest absolute Gasteiger partial charge is 0.457 e. The summed E-state index contributed by atoms with van der Waals surface area (Å²) in [6.45, 7) is 0. The number of fused-ring (bicyclic) bond motifs is 13. The molecule has 4 nitrogen and oxygen atoms in total. The van der Waals surface area contributed by atoms with E-state index in [1.54, 1.807) is 11.3 Å². The average Bonchev–Trinajstić information content (AvgIpc) is 3.86. The van der Waals surface area contributed by atoms with E-state index in [2.05, 4.69) is 152 Å². The first kappa shape index (κ1) is 36.5. The first-order valence-electron chi connectivity index (χ1n) is 21.5. The average molecular weight is 845 g/mol. The van der Waals surface area contributed by atoms with Crippen molar-refractivity contribution in [2.24, 2.45) is 0 Å². The lowest BCUT2D eigenvalue weighted by Gasteiger charge is -2.39. The lowest BCUT2D eigenvalue weighted by atomic mass is 9.65. The van der Waals surface area contributed by atoms with Gasteiger partial charge in [0.2, 0.25) is 0 Å². The van der Waals surface area contributed by atoms with Crippen LogP contribution in [0.3, 0.4) is 0 Å². The standard InChI is InChI=1S/C57H37N2O2PS/c60-62(40-19-3-1-4-20-40,41-21-5-2-6-22-41)42-23-15-18-39(32-42)56-58-53(55-54(59-56)44-24-9-14-29-52(44)63-55)38-30-31-43-45-33-36-16-7-8-17-37(36)34-49(45)57(48(43)35-38)46-25-10-12-27-50(46)61-51-28-13-11-26-47(51)57/h1-5,7-21,23-35H,6,22H2. The van der Waals surface area contributed by atoms with Crippen LogP contribution in [-0.2, 0) is 9.98 Å². The van der Waals surface area contributed by atoms with E-state index in [-0.39, 0.29) is 0 Å². The molecule has 2 aliphatic carbocycles. The molecular formula is C57H37N2O2PS. The highest BCUT2D eigenvalue weighted by Gasteiger charge is 2.51. The van der Waals surface area contributed by atoms with E-state index in [0.29, 0.717) is 5.82 Å². The molecule has 1 spiro atoms. The minimum absolute atomic E-state index is 0.603. The SMILES string of the molecule is O=P(C1=CC=CCC1)(c1ccccc1)c1cccc(-c2nc(-c3ccc4c(c3)C3(c5ccccc5Oc5ccccc53)c3cc5ccccc5cc3-4)c3sc4ccccc4c3n2)c1. The normalized spacial score (nSPS) is 15.3. The van der Waals surface area contributed by atoms with Gasteiger partial charge in [-0.25, -0.2) is 9.97 Å². The van der Waals surface area contributed by atoms with Crippen LogP contribution in [0.15, 0.2) is 206 Å². The zero-order valence-corrected chi connectivity index (χ0v) is 35.7. The van der Waals surface area contributed by atoms with Crippen LogP contribution < -0.4 is 15.3 Å². The zero-order chi connectivity index (χ0) is 41.7. The highest BCUT2D eigenvalue weighted by atomic mass is 32.1. The first-order valence-corrected chi connectivity index (χ1v) is 24.0. The van der Waals surface area contributed by atoms with Crippen molar-refractivity contribution < 1.29 is 9.30 Å². The van der Waals surface area contributed by atoms with Gasteiger partial charge in [-0.05, 0) is 93.6 Å². The predicted molar refractivity (Wildman–Crippen MR) is 260 cm³/mol. The van der Waals surface area contributed by atoms with E-state index in [1.807, 2.05) is 48.5 Å². The Bertz CT molecular complexity index is 3620. The van der Waals surface area contributed by atoms with E-state index in [0.717, 1.165) is 88.5 Å². The van der Waals surface area contributed by atoms with Crippen LogP contribution in [0.1, 0.15) is 35.1 Å². The molecule has 1 unspecified atom stereocenters. The fourth-order valence-electron chi connectivity index (χ4n) is 10.5. The van der Waals surface area contributed by atoms with Crippen molar-refractivity contribution in [3.05, 3.63) is 228 Å². The molecule has 10 aromatic rings. The molecule has 13 rings (SSSR count). The Morgan fingerprint density at radius 2 is 1.27 bits per heavy atom. The number of hydrogen-bond acceptors (Lipinski definition) is 5. The van der Waals surface area contributed by atoms with Gasteiger partial charge in [-0.1, -0.05) is 158 Å². The van der Waals surface area contributed by atoms with Crippen LogP contribution in [0.2, 0.25) is 0 Å². The van der Waals surface area contributed by atoms with Crippen molar-refractivity contribution in [1.29, 1.82) is 0 Å². The van der Waals surface area contributed by atoms with E-state index in [1.165, 1.54) is 33.0 Å². The lowest BCUT2D eigenvalue weighted by molar-refractivity contribution is 0.436. The predicted octanol–water partition coefficient (Wildman–Crippen LogP) is 14.3. The minimum atomic E-state index is -3.17. The van der Waals surface area contributed by atoms with Crippen LogP contribution in [0.4, 0.5) is 0 Å². The number of hydrogen-bond donors (Lipinski definition) is 0. The Kier molecular flexibility index (Phi) is 8.06. The van der Waals surface area contributed by atoms with Gasteiger partial charge in [-0.2, -0.15) is 0 Å². The molecule has 0 fully saturated rings. The van der Waals surface area contributed by atoms with Gasteiger partial charge in [0, 0.05) is 42.9 Å². The van der Waals surface area contributed by atoms with Crippen molar-refractivity contribution in [3.8, 4) is 45.3 Å². The number of benzene rings is 8. The minimum Gasteiger partial charge on any atom is -0.457 e. The molecule has 1 atom stereocenters. The quantitative estimate of drug-likeness (QED) is 0.162.